The van der Waals surface area contributed by atoms with Crippen molar-refractivity contribution in [3.05, 3.63) is 65.0 Å². The molecule has 140 valence electrons. The number of nitrogens with zero attached hydrogens (tertiary/aromatic N) is 1. The van der Waals surface area contributed by atoms with Crippen LogP contribution < -0.4 is 10.1 Å². The average molecular weight is 381 g/mol. The number of aryl methyl sites for hydroxylation is 1. The minimum atomic E-state index is -0.0152. The fourth-order valence-corrected chi connectivity index (χ4v) is 3.47. The number of amides is 1. The smallest absolute Gasteiger partial charge is 0.226 e. The molecule has 27 heavy (non-hydrogen) atoms. The predicted octanol–water partition coefficient (Wildman–Crippen LogP) is 5.51. The van der Waals surface area contributed by atoms with Crippen molar-refractivity contribution in [2.75, 3.05) is 12.4 Å². The Morgan fingerprint density at radius 3 is 2.44 bits per heavy atom. The monoisotopic (exact) mass is 380 g/mol. The molecule has 1 aromatic heterocycles. The molecule has 1 amide bonds. The summed E-state index contributed by atoms with van der Waals surface area (Å²) in [5, 5.41) is 5.47. The van der Waals surface area contributed by atoms with E-state index in [0.717, 1.165) is 23.4 Å². The van der Waals surface area contributed by atoms with Crippen molar-refractivity contribution in [1.29, 1.82) is 0 Å². The van der Waals surface area contributed by atoms with Crippen molar-refractivity contribution in [2.45, 2.75) is 32.6 Å². The lowest BCUT2D eigenvalue weighted by Gasteiger charge is -2.07. The van der Waals surface area contributed by atoms with E-state index in [1.54, 1.807) is 7.11 Å². The number of anilines is 1. The Labute approximate surface area is 164 Å². The third-order valence-corrected chi connectivity index (χ3v) is 5.18. The topological polar surface area (TPSA) is 51.2 Å². The zero-order valence-corrected chi connectivity index (χ0v) is 16.7. The Hall–Kier alpha value is -2.66. The fourth-order valence-electron chi connectivity index (χ4n) is 2.73. The number of carbonyl (C=O) groups is 1. The van der Waals surface area contributed by atoms with Crippen molar-refractivity contribution >= 4 is 22.4 Å². The summed E-state index contributed by atoms with van der Waals surface area (Å²) >= 11 is 1.44. The average Bonchev–Trinajstić information content (AvgIpc) is 3.15. The van der Waals surface area contributed by atoms with Gasteiger partial charge in [-0.1, -0.05) is 38.1 Å². The zero-order valence-electron chi connectivity index (χ0n) is 15.9. The first kappa shape index (κ1) is 19.1. The highest BCUT2D eigenvalue weighted by Gasteiger charge is 2.09. The molecule has 0 aliphatic heterocycles. The molecule has 2 aromatic carbocycles. The molecule has 1 heterocycles. The van der Waals surface area contributed by atoms with E-state index in [1.165, 1.54) is 22.5 Å². The molecule has 0 aliphatic carbocycles. The number of hydrogen-bond acceptors (Lipinski definition) is 4. The van der Waals surface area contributed by atoms with Gasteiger partial charge in [-0.15, -0.1) is 11.3 Å². The highest BCUT2D eigenvalue weighted by molar-refractivity contribution is 7.14. The molecule has 0 bridgehead atoms. The van der Waals surface area contributed by atoms with Crippen LogP contribution >= 0.6 is 11.3 Å². The second-order valence-electron chi connectivity index (χ2n) is 6.71. The van der Waals surface area contributed by atoms with Gasteiger partial charge in [0.15, 0.2) is 5.13 Å². The summed E-state index contributed by atoms with van der Waals surface area (Å²) in [5.74, 6) is 1.31. The number of methoxy groups -OCH3 is 1. The van der Waals surface area contributed by atoms with Gasteiger partial charge in [0, 0.05) is 17.4 Å². The van der Waals surface area contributed by atoms with Gasteiger partial charge in [0.05, 0.1) is 12.8 Å². The lowest BCUT2D eigenvalue weighted by Crippen LogP contribution is -2.12. The maximum absolute atomic E-state index is 12.2. The van der Waals surface area contributed by atoms with Crippen LogP contribution in [0.25, 0.3) is 11.3 Å². The van der Waals surface area contributed by atoms with E-state index >= 15 is 0 Å². The molecule has 0 aliphatic rings. The van der Waals surface area contributed by atoms with Crippen molar-refractivity contribution in [2.24, 2.45) is 0 Å². The predicted molar refractivity (Wildman–Crippen MR) is 112 cm³/mol. The van der Waals surface area contributed by atoms with Crippen molar-refractivity contribution < 1.29 is 9.53 Å². The van der Waals surface area contributed by atoms with Gasteiger partial charge in [-0.05, 0) is 47.7 Å². The van der Waals surface area contributed by atoms with E-state index in [9.17, 15) is 4.79 Å². The van der Waals surface area contributed by atoms with Gasteiger partial charge in [0.1, 0.15) is 5.75 Å². The van der Waals surface area contributed by atoms with Crippen LogP contribution in [-0.2, 0) is 11.2 Å². The molecule has 0 atom stereocenters. The van der Waals surface area contributed by atoms with Crippen molar-refractivity contribution in [3.8, 4) is 17.0 Å². The standard InChI is InChI=1S/C22H24N2O2S/c1-15(2)17-7-4-16(5-8-17)6-13-21(25)24-22-23-20(14-27-22)18-9-11-19(26-3)12-10-18/h4-5,7-12,14-15H,6,13H2,1-3H3,(H,23,24,25). The SMILES string of the molecule is COc1ccc(-c2csc(NC(=O)CCc3ccc(C(C)C)cc3)n2)cc1. The second kappa shape index (κ2) is 8.82. The summed E-state index contributed by atoms with van der Waals surface area (Å²) in [5.41, 5.74) is 4.34. The molecule has 0 fully saturated rings. The fraction of sp³-hybridized carbons (Fsp3) is 0.273. The van der Waals surface area contributed by atoms with Gasteiger partial charge >= 0.3 is 0 Å². The maximum Gasteiger partial charge on any atom is 0.226 e. The minimum Gasteiger partial charge on any atom is -0.497 e. The Kier molecular flexibility index (Phi) is 6.24. The Morgan fingerprint density at radius 2 is 1.81 bits per heavy atom. The number of thiazole rings is 1. The largest absolute Gasteiger partial charge is 0.497 e. The molecule has 0 radical (unpaired) electrons. The highest BCUT2D eigenvalue weighted by atomic mass is 32.1. The molecule has 3 rings (SSSR count). The quantitative estimate of drug-likeness (QED) is 0.588. The molecular formula is C22H24N2O2S. The second-order valence-corrected chi connectivity index (χ2v) is 7.57. The van der Waals surface area contributed by atoms with Gasteiger partial charge in [-0.3, -0.25) is 4.79 Å². The van der Waals surface area contributed by atoms with Crippen LogP contribution in [0, 0.1) is 0 Å². The number of nitrogens with one attached hydrogen (secondary N) is 1. The van der Waals surface area contributed by atoms with Crippen molar-refractivity contribution in [1.82, 2.24) is 4.98 Å². The van der Waals surface area contributed by atoms with Gasteiger partial charge in [0.25, 0.3) is 0 Å². The Balaban J connectivity index is 1.54. The molecule has 0 saturated heterocycles. The summed E-state index contributed by atoms with van der Waals surface area (Å²) in [6, 6.07) is 16.2. The number of ether oxygens (including phenoxy) is 1. The van der Waals surface area contributed by atoms with E-state index < -0.39 is 0 Å². The van der Waals surface area contributed by atoms with Crippen LogP contribution in [0.15, 0.2) is 53.9 Å². The van der Waals surface area contributed by atoms with E-state index in [1.807, 2.05) is 29.6 Å². The normalized spacial score (nSPS) is 10.8. The Morgan fingerprint density at radius 1 is 1.11 bits per heavy atom. The van der Waals surface area contributed by atoms with E-state index in [0.29, 0.717) is 17.5 Å². The summed E-state index contributed by atoms with van der Waals surface area (Å²) in [6.45, 7) is 4.35. The molecule has 0 unspecified atom stereocenters. The van der Waals surface area contributed by atoms with Crippen LogP contribution in [-0.4, -0.2) is 18.0 Å². The highest BCUT2D eigenvalue weighted by Crippen LogP contribution is 2.26. The molecule has 3 aromatic rings. The van der Waals surface area contributed by atoms with E-state index in [4.69, 9.17) is 4.74 Å². The van der Waals surface area contributed by atoms with Crippen LogP contribution in [0.2, 0.25) is 0 Å². The summed E-state index contributed by atoms with van der Waals surface area (Å²) in [4.78, 5) is 16.7. The molecular weight excluding hydrogens is 356 g/mol. The first-order chi connectivity index (χ1) is 13.0. The van der Waals surface area contributed by atoms with Gasteiger partial charge in [0.2, 0.25) is 5.91 Å². The van der Waals surface area contributed by atoms with Gasteiger partial charge < -0.3 is 10.1 Å². The summed E-state index contributed by atoms with van der Waals surface area (Å²) in [6.07, 6.45) is 1.17. The van der Waals surface area contributed by atoms with Gasteiger partial charge in [-0.2, -0.15) is 0 Å². The lowest BCUT2D eigenvalue weighted by atomic mass is 10.0. The molecule has 4 nitrogen and oxygen atoms in total. The summed E-state index contributed by atoms with van der Waals surface area (Å²) < 4.78 is 5.17. The lowest BCUT2D eigenvalue weighted by molar-refractivity contribution is -0.116. The zero-order chi connectivity index (χ0) is 19.2. The minimum absolute atomic E-state index is 0.0152. The van der Waals surface area contributed by atoms with E-state index in [2.05, 4.69) is 48.4 Å². The molecule has 1 N–H and O–H groups in total. The van der Waals surface area contributed by atoms with Crippen LogP contribution in [0.5, 0.6) is 5.75 Å². The molecule has 0 spiro atoms. The van der Waals surface area contributed by atoms with E-state index in [-0.39, 0.29) is 5.91 Å². The first-order valence-corrected chi connectivity index (χ1v) is 9.92. The maximum atomic E-state index is 12.2. The number of benzene rings is 2. The molecule has 0 saturated carbocycles. The third kappa shape index (κ3) is 5.17. The summed E-state index contributed by atoms with van der Waals surface area (Å²) in [7, 11) is 1.64. The van der Waals surface area contributed by atoms with Crippen LogP contribution in [0.1, 0.15) is 37.3 Å². The number of rotatable bonds is 7. The van der Waals surface area contributed by atoms with Crippen LogP contribution in [0.4, 0.5) is 5.13 Å². The Bertz CT molecular complexity index is 883. The first-order valence-electron chi connectivity index (χ1n) is 9.04. The van der Waals surface area contributed by atoms with Gasteiger partial charge in [-0.25, -0.2) is 4.98 Å². The number of aromatic nitrogens is 1. The molecule has 5 heteroatoms. The van der Waals surface area contributed by atoms with Crippen molar-refractivity contribution in [3.63, 3.8) is 0 Å². The van der Waals surface area contributed by atoms with Crippen LogP contribution in [0.3, 0.4) is 0 Å². The number of hydrogen-bond donors (Lipinski definition) is 1. The number of carbonyl (C=O) groups excluding carboxylic acids is 1. The third-order valence-electron chi connectivity index (χ3n) is 4.42.